The van der Waals surface area contributed by atoms with E-state index in [1.54, 1.807) is 17.0 Å². The molecule has 1 saturated heterocycles. The maximum Gasteiger partial charge on any atom is 0.295 e. The number of unbranched alkanes of at least 4 members (excludes halogenated alkanes) is 2. The molecule has 0 saturated carbocycles. The van der Waals surface area contributed by atoms with Crippen molar-refractivity contribution in [3.05, 3.63) is 75.3 Å². The Morgan fingerprint density at radius 1 is 0.971 bits per heavy atom. The number of likely N-dealkylation sites (tertiary alicyclic amines) is 1. The molecule has 0 bridgehead atoms. The maximum atomic E-state index is 13.2. The summed E-state index contributed by atoms with van der Waals surface area (Å²) in [7, 11) is 0. The van der Waals surface area contributed by atoms with Crippen LogP contribution in [0.25, 0.3) is 5.76 Å². The van der Waals surface area contributed by atoms with Gasteiger partial charge in [-0.3, -0.25) is 9.59 Å². The zero-order valence-corrected chi connectivity index (χ0v) is 22.7. The van der Waals surface area contributed by atoms with Crippen LogP contribution in [0.3, 0.4) is 0 Å². The van der Waals surface area contributed by atoms with E-state index in [1.165, 1.54) is 0 Å². The molecule has 188 valence electrons. The highest BCUT2D eigenvalue weighted by Gasteiger charge is 2.45. The van der Waals surface area contributed by atoms with E-state index in [2.05, 4.69) is 34.7 Å². The number of ketones is 1. The van der Waals surface area contributed by atoms with Crippen molar-refractivity contribution in [2.75, 3.05) is 26.2 Å². The van der Waals surface area contributed by atoms with Gasteiger partial charge in [-0.15, -0.1) is 0 Å². The molecule has 2 aromatic rings. The molecule has 0 aromatic heterocycles. The Bertz CT molecular complexity index is 1040. The zero-order chi connectivity index (χ0) is 25.4. The molecule has 1 atom stereocenters. The highest BCUT2D eigenvalue weighted by Crippen LogP contribution is 2.40. The van der Waals surface area contributed by atoms with Crippen molar-refractivity contribution in [1.29, 1.82) is 0 Å². The molecule has 3 rings (SSSR count). The largest absolute Gasteiger partial charge is 0.507 e. The van der Waals surface area contributed by atoms with Crippen LogP contribution in [-0.4, -0.2) is 52.8 Å². The van der Waals surface area contributed by atoms with Crippen molar-refractivity contribution in [2.24, 2.45) is 0 Å². The SMILES string of the molecule is CCCCN(CCCC)CCCN1C(=O)C(=O)/C(=C(\O)c2ccc(C)cc2)C1c1cccc(Br)c1. The van der Waals surface area contributed by atoms with Gasteiger partial charge in [-0.25, -0.2) is 0 Å². The molecule has 5 nitrogen and oxygen atoms in total. The maximum absolute atomic E-state index is 13.2. The lowest BCUT2D eigenvalue weighted by Crippen LogP contribution is -2.34. The van der Waals surface area contributed by atoms with Crippen LogP contribution in [0.1, 0.15) is 68.7 Å². The number of aliphatic hydroxyl groups excluding tert-OH is 1. The molecule has 0 aliphatic carbocycles. The molecular formula is C29H37BrN2O3. The van der Waals surface area contributed by atoms with E-state index in [-0.39, 0.29) is 11.3 Å². The minimum atomic E-state index is -0.623. The summed E-state index contributed by atoms with van der Waals surface area (Å²) < 4.78 is 0.862. The Morgan fingerprint density at radius 2 is 1.60 bits per heavy atom. The minimum Gasteiger partial charge on any atom is -0.507 e. The molecule has 1 N–H and O–H groups in total. The van der Waals surface area contributed by atoms with E-state index in [1.807, 2.05) is 43.3 Å². The van der Waals surface area contributed by atoms with Gasteiger partial charge in [-0.05, 0) is 63.5 Å². The molecule has 1 aliphatic heterocycles. The number of halogens is 1. The van der Waals surface area contributed by atoms with Gasteiger partial charge < -0.3 is 14.9 Å². The second kappa shape index (κ2) is 13.0. The fourth-order valence-electron chi connectivity index (χ4n) is 4.56. The number of aliphatic hydroxyl groups is 1. The van der Waals surface area contributed by atoms with Crippen LogP contribution in [0.15, 0.2) is 58.6 Å². The summed E-state index contributed by atoms with van der Waals surface area (Å²) in [4.78, 5) is 30.5. The fraction of sp³-hybridized carbons (Fsp3) is 0.448. The number of carbonyl (C=O) groups is 2. The molecule has 1 amide bonds. The summed E-state index contributed by atoms with van der Waals surface area (Å²) in [5, 5.41) is 11.2. The monoisotopic (exact) mass is 540 g/mol. The lowest BCUT2D eigenvalue weighted by molar-refractivity contribution is -0.140. The number of amides is 1. The highest BCUT2D eigenvalue weighted by molar-refractivity contribution is 9.10. The molecule has 0 spiro atoms. The van der Waals surface area contributed by atoms with E-state index in [0.29, 0.717) is 12.1 Å². The summed E-state index contributed by atoms with van der Waals surface area (Å²) in [6.07, 6.45) is 5.39. The minimum absolute atomic E-state index is 0.122. The Kier molecular flexibility index (Phi) is 10.1. The molecule has 0 radical (unpaired) electrons. The summed E-state index contributed by atoms with van der Waals surface area (Å²) >= 11 is 3.52. The first-order chi connectivity index (χ1) is 16.9. The molecule has 1 heterocycles. The molecule has 2 aromatic carbocycles. The van der Waals surface area contributed by atoms with E-state index >= 15 is 0 Å². The smallest absolute Gasteiger partial charge is 0.295 e. The lowest BCUT2D eigenvalue weighted by Gasteiger charge is -2.27. The first-order valence-corrected chi connectivity index (χ1v) is 13.5. The fourth-order valence-corrected chi connectivity index (χ4v) is 4.98. The third kappa shape index (κ3) is 6.83. The zero-order valence-electron chi connectivity index (χ0n) is 21.1. The van der Waals surface area contributed by atoms with Crippen molar-refractivity contribution in [2.45, 2.75) is 58.9 Å². The van der Waals surface area contributed by atoms with Crippen molar-refractivity contribution in [3.8, 4) is 0 Å². The average molecular weight is 542 g/mol. The highest BCUT2D eigenvalue weighted by atomic mass is 79.9. The second-order valence-electron chi connectivity index (χ2n) is 9.32. The van der Waals surface area contributed by atoms with Crippen LogP contribution in [0.5, 0.6) is 0 Å². The van der Waals surface area contributed by atoms with Crippen LogP contribution in [0, 0.1) is 6.92 Å². The Hall–Kier alpha value is -2.44. The third-order valence-corrected chi connectivity index (χ3v) is 7.05. The van der Waals surface area contributed by atoms with Gasteiger partial charge in [0.15, 0.2) is 0 Å². The van der Waals surface area contributed by atoms with Gasteiger partial charge in [0.05, 0.1) is 11.6 Å². The van der Waals surface area contributed by atoms with E-state index in [0.717, 1.165) is 67.3 Å². The van der Waals surface area contributed by atoms with Gasteiger partial charge in [-0.2, -0.15) is 0 Å². The van der Waals surface area contributed by atoms with Crippen molar-refractivity contribution in [3.63, 3.8) is 0 Å². The van der Waals surface area contributed by atoms with Crippen LogP contribution < -0.4 is 0 Å². The summed E-state index contributed by atoms with van der Waals surface area (Å²) in [6.45, 7) is 9.81. The lowest BCUT2D eigenvalue weighted by atomic mass is 9.95. The van der Waals surface area contributed by atoms with E-state index < -0.39 is 17.7 Å². The van der Waals surface area contributed by atoms with Crippen molar-refractivity contribution >= 4 is 33.4 Å². The first-order valence-electron chi connectivity index (χ1n) is 12.7. The normalized spacial score (nSPS) is 17.5. The average Bonchev–Trinajstić information content (AvgIpc) is 3.10. The van der Waals surface area contributed by atoms with Crippen molar-refractivity contribution < 1.29 is 14.7 Å². The number of carbonyl (C=O) groups excluding carboxylic acids is 2. The summed E-state index contributed by atoms with van der Waals surface area (Å²) in [5.41, 5.74) is 2.56. The van der Waals surface area contributed by atoms with Crippen LogP contribution >= 0.6 is 15.9 Å². The molecule has 1 unspecified atom stereocenters. The Morgan fingerprint density at radius 3 is 2.20 bits per heavy atom. The van der Waals surface area contributed by atoms with Gasteiger partial charge in [0.2, 0.25) is 0 Å². The number of rotatable bonds is 12. The van der Waals surface area contributed by atoms with Gasteiger partial charge in [-0.1, -0.05) is 84.6 Å². The molecular weight excluding hydrogens is 504 g/mol. The van der Waals surface area contributed by atoms with Gasteiger partial charge in [0, 0.05) is 16.6 Å². The van der Waals surface area contributed by atoms with Gasteiger partial charge >= 0.3 is 0 Å². The predicted molar refractivity (Wildman–Crippen MR) is 145 cm³/mol. The molecule has 35 heavy (non-hydrogen) atoms. The predicted octanol–water partition coefficient (Wildman–Crippen LogP) is 6.47. The summed E-state index contributed by atoms with van der Waals surface area (Å²) in [5.74, 6) is -1.29. The standard InChI is InChI=1S/C29H37BrN2O3/c1-4-6-16-31(17-7-5-2)18-9-19-32-26(23-10-8-11-24(30)20-23)25(28(34)29(32)35)27(33)22-14-12-21(3)13-15-22/h8,10-15,20,26,33H,4-7,9,16-19H2,1-3H3/b27-25-. The molecule has 1 fully saturated rings. The number of nitrogens with zero attached hydrogens (tertiary/aromatic N) is 2. The quantitative estimate of drug-likeness (QED) is 0.190. The van der Waals surface area contributed by atoms with Crippen LogP contribution in [-0.2, 0) is 9.59 Å². The van der Waals surface area contributed by atoms with Crippen LogP contribution in [0.4, 0.5) is 0 Å². The van der Waals surface area contributed by atoms with Gasteiger partial charge in [0.1, 0.15) is 5.76 Å². The number of hydrogen-bond donors (Lipinski definition) is 1. The van der Waals surface area contributed by atoms with E-state index in [4.69, 9.17) is 0 Å². The second-order valence-corrected chi connectivity index (χ2v) is 10.2. The summed E-state index contributed by atoms with van der Waals surface area (Å²) in [6, 6.07) is 14.4. The number of aryl methyl sites for hydroxylation is 1. The Labute approximate surface area is 218 Å². The first kappa shape index (κ1) is 27.2. The molecule has 6 heteroatoms. The van der Waals surface area contributed by atoms with Crippen molar-refractivity contribution in [1.82, 2.24) is 9.80 Å². The number of Topliss-reactive ketones (excluding diaryl/α,β-unsaturated/α-hetero) is 1. The number of benzene rings is 2. The van der Waals surface area contributed by atoms with Gasteiger partial charge in [0.25, 0.3) is 11.7 Å². The molecule has 1 aliphatic rings. The van der Waals surface area contributed by atoms with E-state index in [9.17, 15) is 14.7 Å². The number of hydrogen-bond acceptors (Lipinski definition) is 4. The Balaban J connectivity index is 1.91. The van der Waals surface area contributed by atoms with Crippen LogP contribution in [0.2, 0.25) is 0 Å². The third-order valence-electron chi connectivity index (χ3n) is 6.56. The topological polar surface area (TPSA) is 60.9 Å².